The molecule has 0 aliphatic carbocycles. The molecule has 1 saturated heterocycles. The number of thioether (sulfide) groups is 1. The number of rotatable bonds is 8. The number of methoxy groups -OCH3 is 1. The van der Waals surface area contributed by atoms with E-state index >= 15 is 0 Å². The fraction of sp³-hybridized carbons (Fsp3) is 0.207. The number of aryl methyl sites for hydroxylation is 1. The molecule has 0 radical (unpaired) electrons. The molecule has 3 aromatic carbocycles. The number of amidine groups is 1. The molecule has 0 spiro atoms. The molecule has 7 nitrogen and oxygen atoms in total. The third-order valence-electron chi connectivity index (χ3n) is 5.65. The maximum Gasteiger partial charge on any atom is 0.337 e. The standard InChI is InChI=1S/C29H27BrN2O5S/c1-5-36-24-15-20(14-23(30)26(24)37-17-19-8-6-18(2)7-9-19)16-25-27(33)32(3)29(38-25)31-22-12-10-21(11-13-22)28(34)35-4/h6-16H,5,17H2,1-4H3/b25-16-,31-29?. The lowest BCUT2D eigenvalue weighted by molar-refractivity contribution is -0.121. The highest BCUT2D eigenvalue weighted by Gasteiger charge is 2.30. The summed E-state index contributed by atoms with van der Waals surface area (Å²) in [6.45, 7) is 4.83. The lowest BCUT2D eigenvalue weighted by Gasteiger charge is -2.15. The quantitative estimate of drug-likeness (QED) is 0.212. The first-order valence-electron chi connectivity index (χ1n) is 11.9. The maximum absolute atomic E-state index is 13.0. The SMILES string of the molecule is CCOc1cc(/C=C2\SC(=Nc3ccc(C(=O)OC)cc3)N(C)C2=O)cc(Br)c1OCc1ccc(C)cc1. The molecule has 0 bridgehead atoms. The number of hydrogen-bond donors (Lipinski definition) is 0. The van der Waals surface area contributed by atoms with E-state index in [2.05, 4.69) is 33.1 Å². The fourth-order valence-electron chi connectivity index (χ4n) is 3.62. The average molecular weight is 596 g/mol. The number of ether oxygens (including phenoxy) is 3. The molecule has 1 heterocycles. The van der Waals surface area contributed by atoms with Crippen molar-refractivity contribution in [2.45, 2.75) is 20.5 Å². The van der Waals surface area contributed by atoms with Gasteiger partial charge in [0.1, 0.15) is 6.61 Å². The van der Waals surface area contributed by atoms with Crippen molar-refractivity contribution in [1.29, 1.82) is 0 Å². The van der Waals surface area contributed by atoms with Gasteiger partial charge in [0.25, 0.3) is 5.91 Å². The van der Waals surface area contributed by atoms with Gasteiger partial charge in [-0.05, 0) is 95.1 Å². The van der Waals surface area contributed by atoms with Gasteiger partial charge in [-0.15, -0.1) is 0 Å². The van der Waals surface area contributed by atoms with E-state index in [1.807, 2.05) is 44.2 Å². The Bertz CT molecular complexity index is 1400. The van der Waals surface area contributed by atoms with Gasteiger partial charge in [0.05, 0.1) is 34.3 Å². The lowest BCUT2D eigenvalue weighted by Crippen LogP contribution is -2.23. The van der Waals surface area contributed by atoms with Crippen LogP contribution in [0.4, 0.5) is 5.69 Å². The number of nitrogens with zero attached hydrogens (tertiary/aromatic N) is 2. The van der Waals surface area contributed by atoms with E-state index in [4.69, 9.17) is 14.2 Å². The summed E-state index contributed by atoms with van der Waals surface area (Å²) < 4.78 is 17.4. The molecule has 0 unspecified atom stereocenters. The minimum atomic E-state index is -0.416. The molecule has 1 fully saturated rings. The molecular weight excluding hydrogens is 568 g/mol. The van der Waals surface area contributed by atoms with Crippen molar-refractivity contribution in [3.63, 3.8) is 0 Å². The van der Waals surface area contributed by atoms with E-state index < -0.39 is 5.97 Å². The third kappa shape index (κ3) is 6.46. The summed E-state index contributed by atoms with van der Waals surface area (Å²) in [6, 6.07) is 18.6. The second kappa shape index (κ2) is 12.3. The van der Waals surface area contributed by atoms with Gasteiger partial charge < -0.3 is 14.2 Å². The number of halogens is 1. The summed E-state index contributed by atoms with van der Waals surface area (Å²) in [7, 11) is 3.02. The largest absolute Gasteiger partial charge is 0.490 e. The van der Waals surface area contributed by atoms with Crippen LogP contribution < -0.4 is 9.47 Å². The number of carbonyl (C=O) groups excluding carboxylic acids is 2. The van der Waals surface area contributed by atoms with Crippen LogP contribution in [0.15, 0.2) is 75.0 Å². The van der Waals surface area contributed by atoms with Crippen LogP contribution in [0.1, 0.15) is 34.0 Å². The molecule has 1 aliphatic rings. The van der Waals surface area contributed by atoms with Gasteiger partial charge in [-0.3, -0.25) is 9.69 Å². The zero-order chi connectivity index (χ0) is 27.2. The number of amides is 1. The summed E-state index contributed by atoms with van der Waals surface area (Å²) in [5.74, 6) is 0.619. The van der Waals surface area contributed by atoms with Crippen LogP contribution >= 0.6 is 27.7 Å². The van der Waals surface area contributed by atoms with E-state index in [0.717, 1.165) is 15.6 Å². The lowest BCUT2D eigenvalue weighted by atomic mass is 10.1. The van der Waals surface area contributed by atoms with Crippen LogP contribution in [-0.4, -0.2) is 42.7 Å². The highest BCUT2D eigenvalue weighted by Crippen LogP contribution is 2.40. The topological polar surface area (TPSA) is 77.4 Å². The van der Waals surface area contributed by atoms with Crippen molar-refractivity contribution >= 4 is 56.5 Å². The van der Waals surface area contributed by atoms with Gasteiger partial charge in [0.2, 0.25) is 0 Å². The van der Waals surface area contributed by atoms with Crippen molar-refractivity contribution in [2.24, 2.45) is 4.99 Å². The molecule has 1 amide bonds. The molecule has 0 aromatic heterocycles. The number of hydrogen-bond acceptors (Lipinski definition) is 7. The summed E-state index contributed by atoms with van der Waals surface area (Å²) in [6.07, 6.45) is 1.81. The molecule has 38 heavy (non-hydrogen) atoms. The molecule has 196 valence electrons. The smallest absolute Gasteiger partial charge is 0.337 e. The predicted molar refractivity (Wildman–Crippen MR) is 154 cm³/mol. The van der Waals surface area contributed by atoms with Gasteiger partial charge in [0.15, 0.2) is 16.7 Å². The first kappa shape index (κ1) is 27.5. The van der Waals surface area contributed by atoms with Crippen molar-refractivity contribution in [1.82, 2.24) is 4.90 Å². The Morgan fingerprint density at radius 1 is 1.08 bits per heavy atom. The Morgan fingerprint density at radius 3 is 2.45 bits per heavy atom. The van der Waals surface area contributed by atoms with Crippen LogP contribution in [-0.2, 0) is 16.1 Å². The molecule has 3 aromatic rings. The number of esters is 1. The van der Waals surface area contributed by atoms with Crippen molar-refractivity contribution in [3.05, 3.63) is 92.3 Å². The van der Waals surface area contributed by atoms with Crippen molar-refractivity contribution < 1.29 is 23.8 Å². The second-order valence-electron chi connectivity index (χ2n) is 8.44. The molecule has 9 heteroatoms. The zero-order valence-corrected chi connectivity index (χ0v) is 23.9. The van der Waals surface area contributed by atoms with Crippen LogP contribution in [0.25, 0.3) is 6.08 Å². The highest BCUT2D eigenvalue weighted by atomic mass is 79.9. The van der Waals surface area contributed by atoms with E-state index in [1.165, 1.54) is 29.3 Å². The maximum atomic E-state index is 13.0. The van der Waals surface area contributed by atoms with E-state index in [9.17, 15) is 9.59 Å². The van der Waals surface area contributed by atoms with Gasteiger partial charge in [-0.25, -0.2) is 9.79 Å². The normalized spacial score (nSPS) is 15.3. The summed E-state index contributed by atoms with van der Waals surface area (Å²) in [5.41, 5.74) is 4.09. The Kier molecular flexibility index (Phi) is 8.91. The van der Waals surface area contributed by atoms with Crippen LogP contribution in [0.2, 0.25) is 0 Å². The number of likely N-dealkylation sites (N-methyl/N-ethyl adjacent to an activating group) is 1. The summed E-state index contributed by atoms with van der Waals surface area (Å²) >= 11 is 4.89. The summed E-state index contributed by atoms with van der Waals surface area (Å²) in [4.78, 5) is 31.2. The second-order valence-corrected chi connectivity index (χ2v) is 10.3. The number of aliphatic imine (C=N–C) groups is 1. The first-order valence-corrected chi connectivity index (χ1v) is 13.5. The highest BCUT2D eigenvalue weighted by molar-refractivity contribution is 9.10. The van der Waals surface area contributed by atoms with E-state index in [-0.39, 0.29) is 5.91 Å². The summed E-state index contributed by atoms with van der Waals surface area (Å²) in [5, 5.41) is 0.536. The molecular formula is C29H27BrN2O5S. The van der Waals surface area contributed by atoms with Crippen LogP contribution in [0, 0.1) is 6.92 Å². The van der Waals surface area contributed by atoms with Gasteiger partial charge in [-0.1, -0.05) is 29.8 Å². The van der Waals surface area contributed by atoms with Crippen molar-refractivity contribution in [3.8, 4) is 11.5 Å². The van der Waals surface area contributed by atoms with Crippen molar-refractivity contribution in [2.75, 3.05) is 20.8 Å². The predicted octanol–water partition coefficient (Wildman–Crippen LogP) is 6.76. The average Bonchev–Trinajstić information content (AvgIpc) is 3.17. The Balaban J connectivity index is 1.55. The third-order valence-corrected chi connectivity index (χ3v) is 7.30. The molecule has 4 rings (SSSR count). The number of benzene rings is 3. The van der Waals surface area contributed by atoms with Crippen LogP contribution in [0.3, 0.4) is 0 Å². The van der Waals surface area contributed by atoms with E-state index in [0.29, 0.717) is 46.0 Å². The molecule has 0 saturated carbocycles. The molecule has 1 aliphatic heterocycles. The first-order chi connectivity index (χ1) is 18.3. The minimum absolute atomic E-state index is 0.159. The minimum Gasteiger partial charge on any atom is -0.490 e. The number of carbonyl (C=O) groups is 2. The van der Waals surface area contributed by atoms with Gasteiger partial charge in [-0.2, -0.15) is 0 Å². The Morgan fingerprint density at radius 2 is 1.79 bits per heavy atom. The monoisotopic (exact) mass is 594 g/mol. The zero-order valence-electron chi connectivity index (χ0n) is 21.5. The van der Waals surface area contributed by atoms with Crippen LogP contribution in [0.5, 0.6) is 11.5 Å². The van der Waals surface area contributed by atoms with Gasteiger partial charge >= 0.3 is 5.97 Å². The Labute approximate surface area is 234 Å². The molecule has 0 atom stereocenters. The fourth-order valence-corrected chi connectivity index (χ4v) is 5.18. The van der Waals surface area contributed by atoms with Gasteiger partial charge in [0, 0.05) is 7.05 Å². The Hall–Kier alpha value is -3.56. The molecule has 0 N–H and O–H groups in total. The van der Waals surface area contributed by atoms with E-state index in [1.54, 1.807) is 31.3 Å².